The summed E-state index contributed by atoms with van der Waals surface area (Å²) >= 11 is 0. The number of methoxy groups -OCH3 is 1. The summed E-state index contributed by atoms with van der Waals surface area (Å²) in [5.74, 6) is 0.724. The third kappa shape index (κ3) is 3.60. The van der Waals surface area contributed by atoms with Crippen LogP contribution in [0.4, 0.5) is 4.39 Å². The van der Waals surface area contributed by atoms with Crippen molar-refractivity contribution >= 4 is 5.78 Å². The fourth-order valence-electron chi connectivity index (χ4n) is 2.02. The fraction of sp³-hybridized carbons (Fsp3) is 0.235. The Hall–Kier alpha value is -2.36. The molecule has 0 bridgehead atoms. The maximum absolute atomic E-state index is 13.1. The number of benzene rings is 2. The van der Waals surface area contributed by atoms with E-state index in [1.165, 1.54) is 19.1 Å². The third-order valence-electron chi connectivity index (χ3n) is 3.26. The Labute approximate surface area is 123 Å². The molecule has 0 saturated heterocycles. The molecule has 2 aromatic carbocycles. The zero-order chi connectivity index (χ0) is 15.4. The number of aryl methyl sites for hydroxylation is 1. The molecule has 21 heavy (non-hydrogen) atoms. The van der Waals surface area contributed by atoms with E-state index in [9.17, 15) is 9.18 Å². The first-order valence-corrected chi connectivity index (χ1v) is 6.58. The smallest absolute Gasteiger partial charge is 0.163 e. The Bertz CT molecular complexity index is 665. The molecule has 0 amide bonds. The van der Waals surface area contributed by atoms with Crippen molar-refractivity contribution in [2.75, 3.05) is 7.11 Å². The van der Waals surface area contributed by atoms with Crippen LogP contribution in [0, 0.1) is 12.7 Å². The maximum atomic E-state index is 13.1. The molecular formula is C17H17FO3. The molecule has 0 saturated carbocycles. The van der Waals surface area contributed by atoms with Gasteiger partial charge in [-0.05, 0) is 49.2 Å². The van der Waals surface area contributed by atoms with Crippen LogP contribution < -0.4 is 9.47 Å². The van der Waals surface area contributed by atoms with Gasteiger partial charge in [-0.15, -0.1) is 0 Å². The average molecular weight is 288 g/mol. The van der Waals surface area contributed by atoms with Crippen LogP contribution in [0.1, 0.15) is 28.4 Å². The Kier molecular flexibility index (Phi) is 4.58. The van der Waals surface area contributed by atoms with Crippen molar-refractivity contribution < 1.29 is 18.7 Å². The number of rotatable bonds is 5. The van der Waals surface area contributed by atoms with Gasteiger partial charge in [0.25, 0.3) is 0 Å². The molecule has 0 aliphatic rings. The molecule has 2 aromatic rings. The predicted octanol–water partition coefficient (Wildman–Crippen LogP) is 3.92. The summed E-state index contributed by atoms with van der Waals surface area (Å²) < 4.78 is 23.9. The molecule has 0 unspecified atom stereocenters. The van der Waals surface area contributed by atoms with E-state index in [2.05, 4.69) is 0 Å². The molecular weight excluding hydrogens is 271 g/mol. The van der Waals surface area contributed by atoms with Crippen molar-refractivity contribution in [2.45, 2.75) is 20.5 Å². The predicted molar refractivity (Wildman–Crippen MR) is 78.5 cm³/mol. The first-order valence-electron chi connectivity index (χ1n) is 6.58. The summed E-state index contributed by atoms with van der Waals surface area (Å²) in [7, 11) is 1.55. The van der Waals surface area contributed by atoms with Crippen LogP contribution in [0.25, 0.3) is 0 Å². The maximum Gasteiger partial charge on any atom is 0.163 e. The normalized spacial score (nSPS) is 10.3. The molecule has 3 nitrogen and oxygen atoms in total. The molecule has 0 heterocycles. The Morgan fingerprint density at radius 2 is 1.95 bits per heavy atom. The number of ether oxygens (including phenoxy) is 2. The van der Waals surface area contributed by atoms with Gasteiger partial charge in [-0.25, -0.2) is 4.39 Å². The Balaban J connectivity index is 2.24. The van der Waals surface area contributed by atoms with Crippen molar-refractivity contribution in [3.8, 4) is 11.5 Å². The van der Waals surface area contributed by atoms with Crippen LogP contribution in [-0.4, -0.2) is 12.9 Å². The highest BCUT2D eigenvalue weighted by Gasteiger charge is 2.11. The van der Waals surface area contributed by atoms with Gasteiger partial charge in [0, 0.05) is 6.07 Å². The monoisotopic (exact) mass is 288 g/mol. The van der Waals surface area contributed by atoms with E-state index in [-0.39, 0.29) is 18.2 Å². The Morgan fingerprint density at radius 3 is 2.57 bits per heavy atom. The summed E-state index contributed by atoms with van der Waals surface area (Å²) in [6, 6.07) is 9.59. The molecule has 0 aliphatic heterocycles. The van der Waals surface area contributed by atoms with Gasteiger partial charge >= 0.3 is 0 Å². The van der Waals surface area contributed by atoms with E-state index in [0.29, 0.717) is 17.1 Å². The second-order valence-electron chi connectivity index (χ2n) is 4.78. The number of carbonyl (C=O) groups excluding carboxylic acids is 1. The van der Waals surface area contributed by atoms with E-state index in [1.54, 1.807) is 31.4 Å². The van der Waals surface area contributed by atoms with E-state index < -0.39 is 0 Å². The highest BCUT2D eigenvalue weighted by molar-refractivity contribution is 5.97. The third-order valence-corrected chi connectivity index (χ3v) is 3.26. The van der Waals surface area contributed by atoms with Crippen molar-refractivity contribution in [3.05, 3.63) is 58.9 Å². The van der Waals surface area contributed by atoms with Gasteiger partial charge < -0.3 is 9.47 Å². The molecule has 0 radical (unpaired) electrons. The van der Waals surface area contributed by atoms with Crippen molar-refractivity contribution in [3.63, 3.8) is 0 Å². The molecule has 0 atom stereocenters. The highest BCUT2D eigenvalue weighted by Crippen LogP contribution is 2.26. The van der Waals surface area contributed by atoms with Gasteiger partial charge in [0.2, 0.25) is 0 Å². The molecule has 4 heteroatoms. The number of hydrogen-bond acceptors (Lipinski definition) is 3. The topological polar surface area (TPSA) is 35.5 Å². The highest BCUT2D eigenvalue weighted by atomic mass is 19.1. The molecule has 2 rings (SSSR count). The van der Waals surface area contributed by atoms with Crippen LogP contribution in [0.2, 0.25) is 0 Å². The van der Waals surface area contributed by atoms with Gasteiger partial charge in [-0.2, -0.15) is 0 Å². The summed E-state index contributed by atoms with van der Waals surface area (Å²) in [6.07, 6.45) is 0. The quantitative estimate of drug-likeness (QED) is 0.782. The lowest BCUT2D eigenvalue weighted by Gasteiger charge is -2.12. The first-order chi connectivity index (χ1) is 10.0. The van der Waals surface area contributed by atoms with E-state index in [0.717, 1.165) is 11.1 Å². The van der Waals surface area contributed by atoms with E-state index >= 15 is 0 Å². The molecule has 0 aliphatic carbocycles. The van der Waals surface area contributed by atoms with Crippen molar-refractivity contribution in [1.82, 2.24) is 0 Å². The summed E-state index contributed by atoms with van der Waals surface area (Å²) in [6.45, 7) is 3.57. The van der Waals surface area contributed by atoms with Gasteiger partial charge in [0.1, 0.15) is 23.9 Å². The minimum atomic E-state index is -0.276. The minimum absolute atomic E-state index is 0.0801. The van der Waals surface area contributed by atoms with Crippen LogP contribution in [-0.2, 0) is 6.61 Å². The molecule has 0 fully saturated rings. The van der Waals surface area contributed by atoms with Crippen LogP contribution in [0.3, 0.4) is 0 Å². The number of carbonyl (C=O) groups is 1. The second kappa shape index (κ2) is 6.39. The number of halogens is 1. The lowest BCUT2D eigenvalue weighted by Crippen LogP contribution is -2.03. The zero-order valence-electron chi connectivity index (χ0n) is 12.3. The summed E-state index contributed by atoms with van der Waals surface area (Å²) in [5, 5.41) is 0. The SMILES string of the molecule is COc1ccc(C(C)=O)c(OCc2ccc(F)cc2C)c1. The second-order valence-corrected chi connectivity index (χ2v) is 4.78. The van der Waals surface area contributed by atoms with Crippen LogP contribution in [0.5, 0.6) is 11.5 Å². The van der Waals surface area contributed by atoms with Gasteiger partial charge in [0.05, 0.1) is 12.7 Å². The lowest BCUT2D eigenvalue weighted by atomic mass is 10.1. The number of hydrogen-bond donors (Lipinski definition) is 0. The van der Waals surface area contributed by atoms with Crippen LogP contribution >= 0.6 is 0 Å². The molecule has 0 spiro atoms. The largest absolute Gasteiger partial charge is 0.497 e. The standard InChI is InChI=1S/C17H17FO3/c1-11-8-14(18)5-4-13(11)10-21-17-9-15(20-3)6-7-16(17)12(2)19/h4-9H,10H2,1-3H3. The lowest BCUT2D eigenvalue weighted by molar-refractivity contribution is 0.101. The van der Waals surface area contributed by atoms with Crippen LogP contribution in [0.15, 0.2) is 36.4 Å². The average Bonchev–Trinajstić information content (AvgIpc) is 2.45. The summed E-state index contributed by atoms with van der Waals surface area (Å²) in [5.41, 5.74) is 2.17. The van der Waals surface area contributed by atoms with Gasteiger partial charge in [0.15, 0.2) is 5.78 Å². The molecule has 0 aromatic heterocycles. The van der Waals surface area contributed by atoms with E-state index in [4.69, 9.17) is 9.47 Å². The van der Waals surface area contributed by atoms with E-state index in [1.807, 2.05) is 6.92 Å². The minimum Gasteiger partial charge on any atom is -0.497 e. The van der Waals surface area contributed by atoms with Crippen molar-refractivity contribution in [2.24, 2.45) is 0 Å². The number of ketones is 1. The number of Topliss-reactive ketones (excluding diaryl/α,β-unsaturated/α-hetero) is 1. The fourth-order valence-corrected chi connectivity index (χ4v) is 2.02. The van der Waals surface area contributed by atoms with Gasteiger partial charge in [-0.3, -0.25) is 4.79 Å². The molecule has 0 N–H and O–H groups in total. The molecule has 110 valence electrons. The van der Waals surface area contributed by atoms with Crippen molar-refractivity contribution in [1.29, 1.82) is 0 Å². The Morgan fingerprint density at radius 1 is 1.19 bits per heavy atom. The first kappa shape index (κ1) is 15.0. The van der Waals surface area contributed by atoms with Gasteiger partial charge in [-0.1, -0.05) is 6.07 Å². The zero-order valence-corrected chi connectivity index (χ0v) is 12.3. The summed E-state index contributed by atoms with van der Waals surface area (Å²) in [4.78, 5) is 11.6.